The molecule has 1 saturated carbocycles. The highest BCUT2D eigenvalue weighted by Crippen LogP contribution is 2.31. The van der Waals surface area contributed by atoms with Crippen molar-refractivity contribution in [2.75, 3.05) is 19.6 Å². The van der Waals surface area contributed by atoms with Crippen molar-refractivity contribution in [2.24, 2.45) is 5.92 Å². The van der Waals surface area contributed by atoms with E-state index >= 15 is 0 Å². The first-order valence-corrected chi connectivity index (χ1v) is 8.70. The molecule has 0 aromatic rings. The lowest BCUT2D eigenvalue weighted by Crippen LogP contribution is -2.45. The zero-order valence-electron chi connectivity index (χ0n) is 11.5. The largest absolute Gasteiger partial charge is 0.313 e. The first-order valence-electron chi connectivity index (χ1n) is 7.20. The second kappa shape index (κ2) is 6.21. The molecule has 1 aliphatic heterocycles. The molecule has 1 heterocycles. The molecule has 2 rings (SSSR count). The Balaban J connectivity index is 2.08. The molecule has 1 saturated heterocycles. The van der Waals surface area contributed by atoms with Gasteiger partial charge in [0.25, 0.3) is 0 Å². The van der Waals surface area contributed by atoms with Gasteiger partial charge < -0.3 is 5.32 Å². The van der Waals surface area contributed by atoms with E-state index in [2.05, 4.69) is 5.32 Å². The average Bonchev–Trinajstić information content (AvgIpc) is 3.04. The fraction of sp³-hybridized carbons (Fsp3) is 0.923. The SMILES string of the molecule is CCC(C#N)S(=O)(=O)N(CC1CC1)CC1CCCN1. The van der Waals surface area contributed by atoms with E-state index in [1.165, 1.54) is 0 Å². The molecule has 6 heteroatoms. The van der Waals surface area contributed by atoms with Crippen LogP contribution in [0.15, 0.2) is 0 Å². The molecule has 2 atom stereocenters. The molecule has 19 heavy (non-hydrogen) atoms. The monoisotopic (exact) mass is 285 g/mol. The summed E-state index contributed by atoms with van der Waals surface area (Å²) in [7, 11) is -3.47. The Kier molecular flexibility index (Phi) is 4.82. The smallest absolute Gasteiger partial charge is 0.230 e. The fourth-order valence-corrected chi connectivity index (χ4v) is 4.30. The van der Waals surface area contributed by atoms with Crippen LogP contribution in [0, 0.1) is 17.2 Å². The van der Waals surface area contributed by atoms with Crippen molar-refractivity contribution >= 4 is 10.0 Å². The topological polar surface area (TPSA) is 73.2 Å². The van der Waals surface area contributed by atoms with Gasteiger partial charge in [-0.15, -0.1) is 0 Å². The molecule has 0 amide bonds. The van der Waals surface area contributed by atoms with Crippen molar-refractivity contribution in [3.8, 4) is 6.07 Å². The summed E-state index contributed by atoms with van der Waals surface area (Å²) < 4.78 is 26.6. The van der Waals surface area contributed by atoms with E-state index in [-0.39, 0.29) is 6.04 Å². The molecule has 0 spiro atoms. The van der Waals surface area contributed by atoms with Crippen molar-refractivity contribution in [1.29, 1.82) is 5.26 Å². The number of nitriles is 1. The van der Waals surface area contributed by atoms with E-state index in [1.54, 1.807) is 11.2 Å². The summed E-state index contributed by atoms with van der Waals surface area (Å²) in [6.45, 7) is 3.85. The van der Waals surface area contributed by atoms with Crippen LogP contribution < -0.4 is 5.32 Å². The maximum absolute atomic E-state index is 12.5. The maximum atomic E-state index is 12.5. The third-order valence-corrected chi connectivity index (χ3v) is 6.16. The maximum Gasteiger partial charge on any atom is 0.230 e. The van der Waals surface area contributed by atoms with Crippen LogP contribution in [0.2, 0.25) is 0 Å². The minimum absolute atomic E-state index is 0.254. The van der Waals surface area contributed by atoms with Gasteiger partial charge in [-0.05, 0) is 44.6 Å². The van der Waals surface area contributed by atoms with Gasteiger partial charge in [0.2, 0.25) is 10.0 Å². The average molecular weight is 285 g/mol. The molecule has 2 unspecified atom stereocenters. The predicted molar refractivity (Wildman–Crippen MR) is 73.9 cm³/mol. The van der Waals surface area contributed by atoms with Gasteiger partial charge in [-0.1, -0.05) is 6.92 Å². The van der Waals surface area contributed by atoms with Gasteiger partial charge in [0.1, 0.15) is 0 Å². The number of rotatable bonds is 7. The molecule has 108 valence electrons. The molecule has 1 aliphatic carbocycles. The zero-order chi connectivity index (χ0) is 13.9. The van der Waals surface area contributed by atoms with Gasteiger partial charge in [-0.2, -0.15) is 9.57 Å². The van der Waals surface area contributed by atoms with Crippen molar-refractivity contribution < 1.29 is 8.42 Å². The minimum Gasteiger partial charge on any atom is -0.313 e. The van der Waals surface area contributed by atoms with Crippen LogP contribution in [0.25, 0.3) is 0 Å². The first kappa shape index (κ1) is 14.8. The van der Waals surface area contributed by atoms with Gasteiger partial charge in [0, 0.05) is 19.1 Å². The van der Waals surface area contributed by atoms with Crippen LogP contribution in [0.3, 0.4) is 0 Å². The van der Waals surface area contributed by atoms with Gasteiger partial charge in [0.15, 0.2) is 5.25 Å². The predicted octanol–water partition coefficient (Wildman–Crippen LogP) is 1.08. The van der Waals surface area contributed by atoms with Crippen LogP contribution in [0.5, 0.6) is 0 Å². The normalized spacial score (nSPS) is 25.4. The van der Waals surface area contributed by atoms with Crippen molar-refractivity contribution in [3.63, 3.8) is 0 Å². The molecule has 5 nitrogen and oxygen atoms in total. The lowest BCUT2D eigenvalue weighted by atomic mass is 10.2. The number of sulfonamides is 1. The highest BCUT2D eigenvalue weighted by molar-refractivity contribution is 7.90. The summed E-state index contributed by atoms with van der Waals surface area (Å²) in [5.74, 6) is 0.507. The van der Waals surface area contributed by atoms with E-state index in [9.17, 15) is 8.42 Å². The second-order valence-electron chi connectivity index (χ2n) is 5.62. The van der Waals surface area contributed by atoms with E-state index in [4.69, 9.17) is 5.26 Å². The van der Waals surface area contributed by atoms with Crippen molar-refractivity contribution in [1.82, 2.24) is 9.62 Å². The van der Waals surface area contributed by atoms with E-state index < -0.39 is 15.3 Å². The molecule has 0 bridgehead atoms. The second-order valence-corrected chi connectivity index (χ2v) is 7.74. The summed E-state index contributed by atoms with van der Waals surface area (Å²) in [4.78, 5) is 0. The Labute approximate surface area is 116 Å². The standard InChI is InChI=1S/C13H23N3O2S/c1-2-13(8-14)19(17,18)16(9-11-5-6-11)10-12-4-3-7-15-12/h11-13,15H,2-7,9-10H2,1H3. The van der Waals surface area contributed by atoms with E-state index in [1.807, 2.05) is 6.07 Å². The Morgan fingerprint density at radius 2 is 2.11 bits per heavy atom. The van der Waals surface area contributed by atoms with Gasteiger partial charge in [-0.25, -0.2) is 8.42 Å². The molecule has 0 radical (unpaired) electrons. The first-order chi connectivity index (χ1) is 9.07. The third-order valence-electron chi connectivity index (χ3n) is 3.98. The minimum atomic E-state index is -3.47. The lowest BCUT2D eigenvalue weighted by molar-refractivity contribution is 0.355. The summed E-state index contributed by atoms with van der Waals surface area (Å²) >= 11 is 0. The van der Waals surface area contributed by atoms with Crippen LogP contribution >= 0.6 is 0 Å². The Morgan fingerprint density at radius 3 is 2.58 bits per heavy atom. The molecule has 0 aromatic carbocycles. The molecule has 0 aromatic heterocycles. The summed E-state index contributed by atoms with van der Waals surface area (Å²) in [5, 5.41) is 11.5. The third kappa shape index (κ3) is 3.68. The van der Waals surface area contributed by atoms with Crippen LogP contribution in [-0.2, 0) is 10.0 Å². The number of hydrogen-bond donors (Lipinski definition) is 1. The Morgan fingerprint density at radius 1 is 1.37 bits per heavy atom. The van der Waals surface area contributed by atoms with Crippen LogP contribution in [0.4, 0.5) is 0 Å². The Bertz CT molecular complexity index is 433. The van der Waals surface area contributed by atoms with Crippen molar-refractivity contribution in [2.45, 2.75) is 50.3 Å². The van der Waals surface area contributed by atoms with E-state index in [0.717, 1.165) is 32.2 Å². The Hall–Kier alpha value is -0.640. The molecular formula is C13H23N3O2S. The fourth-order valence-electron chi connectivity index (χ4n) is 2.58. The summed E-state index contributed by atoms with van der Waals surface area (Å²) in [5.41, 5.74) is 0. The zero-order valence-corrected chi connectivity index (χ0v) is 12.3. The molecule has 2 aliphatic rings. The molecule has 2 fully saturated rings. The van der Waals surface area contributed by atoms with Crippen molar-refractivity contribution in [3.05, 3.63) is 0 Å². The van der Waals surface area contributed by atoms with Gasteiger partial charge in [-0.3, -0.25) is 0 Å². The number of nitrogens with one attached hydrogen (secondary N) is 1. The van der Waals surface area contributed by atoms with Crippen LogP contribution in [0.1, 0.15) is 39.0 Å². The van der Waals surface area contributed by atoms with E-state index in [0.29, 0.717) is 25.4 Å². The van der Waals surface area contributed by atoms with Crippen LogP contribution in [-0.4, -0.2) is 43.6 Å². The number of hydrogen-bond acceptors (Lipinski definition) is 4. The highest BCUT2D eigenvalue weighted by atomic mass is 32.2. The quantitative estimate of drug-likeness (QED) is 0.759. The highest BCUT2D eigenvalue weighted by Gasteiger charge is 2.36. The molecular weight excluding hydrogens is 262 g/mol. The summed E-state index contributed by atoms with van der Waals surface area (Å²) in [6.07, 6.45) is 4.73. The number of nitrogens with zero attached hydrogens (tertiary/aromatic N) is 2. The van der Waals surface area contributed by atoms with Gasteiger partial charge >= 0.3 is 0 Å². The lowest BCUT2D eigenvalue weighted by Gasteiger charge is -2.27. The molecule has 1 N–H and O–H groups in total. The summed E-state index contributed by atoms with van der Waals surface area (Å²) in [6, 6.07) is 2.20. The van der Waals surface area contributed by atoms with Gasteiger partial charge in [0.05, 0.1) is 6.07 Å².